The Labute approximate surface area is 324 Å². The minimum absolute atomic E-state index is 0.119. The van der Waals surface area contributed by atoms with E-state index in [1.807, 2.05) is 32.0 Å². The van der Waals surface area contributed by atoms with Crippen LogP contribution in [0.15, 0.2) is 82.8 Å². The summed E-state index contributed by atoms with van der Waals surface area (Å²) in [6.07, 6.45) is 3.83. The first-order chi connectivity index (χ1) is 26.3. The highest BCUT2D eigenvalue weighted by atomic mass is 16.6. The lowest BCUT2D eigenvalue weighted by molar-refractivity contribution is -0.120. The molecule has 0 saturated carbocycles. The summed E-state index contributed by atoms with van der Waals surface area (Å²) in [6.45, 7) is 11.4. The van der Waals surface area contributed by atoms with Crippen LogP contribution in [0.4, 0.5) is 10.5 Å². The number of hydrogen-bond donors (Lipinski definition) is 4. The van der Waals surface area contributed by atoms with Gasteiger partial charge in [-0.05, 0) is 50.3 Å². The van der Waals surface area contributed by atoms with Gasteiger partial charge < -0.3 is 45.3 Å². The number of anilines is 1. The van der Waals surface area contributed by atoms with E-state index >= 15 is 0 Å². The molecule has 1 aromatic rings. The largest absolute Gasteiger partial charge is 0.495 e. The van der Waals surface area contributed by atoms with Crippen LogP contribution in [0.3, 0.4) is 0 Å². The summed E-state index contributed by atoms with van der Waals surface area (Å²) in [4.78, 5) is 57.5. The number of Topliss-reactive ketones (excluding diaryl/α,β-unsaturated/α-hetero) is 1. The minimum Gasteiger partial charge on any atom is -0.495 e. The fraction of sp³-hybridized carbons (Fsp3) is 0.512. The highest BCUT2D eigenvalue weighted by molar-refractivity contribution is 6.23. The quantitative estimate of drug-likeness (QED) is 0.213. The lowest BCUT2D eigenvalue weighted by atomic mass is 9.85. The molecule has 6 atom stereocenters. The van der Waals surface area contributed by atoms with Crippen LogP contribution < -0.4 is 26.0 Å². The summed E-state index contributed by atoms with van der Waals surface area (Å²) in [6, 6.07) is 7.96. The van der Waals surface area contributed by atoms with E-state index in [-0.39, 0.29) is 34.9 Å². The Hall–Kier alpha value is -4.76. The molecule has 5 N–H and O–H groups in total. The molecule has 4 rings (SSSR count). The van der Waals surface area contributed by atoms with Crippen molar-refractivity contribution in [3.8, 4) is 5.75 Å². The second kappa shape index (κ2) is 20.2. The van der Waals surface area contributed by atoms with Crippen LogP contribution in [0, 0.1) is 11.8 Å². The number of fused-ring (bicyclic) bond motifs is 2. The molecule has 0 unspecified atom stereocenters. The van der Waals surface area contributed by atoms with Gasteiger partial charge in [0.1, 0.15) is 11.9 Å². The second-order valence-corrected chi connectivity index (χ2v) is 14.4. The van der Waals surface area contributed by atoms with Crippen LogP contribution in [0.1, 0.15) is 40.5 Å². The molecule has 2 amide bonds. The highest BCUT2D eigenvalue weighted by Gasteiger charge is 2.34. The molecule has 2 heterocycles. The monoisotopic (exact) mass is 763 g/mol. The van der Waals surface area contributed by atoms with Gasteiger partial charge in [0.2, 0.25) is 11.6 Å². The van der Waals surface area contributed by atoms with Crippen LogP contribution in [-0.4, -0.2) is 119 Å². The Morgan fingerprint density at radius 2 is 1.75 bits per heavy atom. The van der Waals surface area contributed by atoms with Gasteiger partial charge in [-0.15, -0.1) is 0 Å². The number of nitrogens with zero attached hydrogens (tertiary/aromatic N) is 2. The third-order valence-electron chi connectivity index (χ3n) is 10.3. The van der Waals surface area contributed by atoms with Crippen LogP contribution in [0.25, 0.3) is 0 Å². The van der Waals surface area contributed by atoms with E-state index < -0.39 is 53.9 Å². The number of allylic oxidation sites excluding steroid dienone is 4. The molecule has 1 fully saturated rings. The maximum absolute atomic E-state index is 14.1. The summed E-state index contributed by atoms with van der Waals surface area (Å²) < 4.78 is 22.3. The van der Waals surface area contributed by atoms with Crippen LogP contribution in [-0.2, 0) is 28.6 Å². The SMILES string of the molecule is COc1ccccc1N1CCN(CCNC2=C3C[C@@H](C)C[C@H](OC)[C@H](O)[C@@H](C)/C=C(\C)[C@H](OC(N)=O)[C@@H](OC)/C=C\C=C(/C)C(=O)NC(=CC2=O)C3=O)CC1. The lowest BCUT2D eigenvalue weighted by Gasteiger charge is -2.36. The minimum atomic E-state index is -1.00. The van der Waals surface area contributed by atoms with Gasteiger partial charge in [-0.1, -0.05) is 50.3 Å². The highest BCUT2D eigenvalue weighted by Crippen LogP contribution is 2.30. The molecule has 2 bridgehead atoms. The number of rotatable bonds is 9. The first-order valence-electron chi connectivity index (χ1n) is 18.7. The summed E-state index contributed by atoms with van der Waals surface area (Å²) in [7, 11) is 4.62. The predicted molar refractivity (Wildman–Crippen MR) is 209 cm³/mol. The fourth-order valence-electron chi connectivity index (χ4n) is 7.22. The number of methoxy groups -OCH3 is 3. The van der Waals surface area contributed by atoms with Gasteiger partial charge in [0, 0.05) is 76.6 Å². The molecule has 14 heteroatoms. The van der Waals surface area contributed by atoms with Gasteiger partial charge in [0.15, 0.2) is 6.10 Å². The smallest absolute Gasteiger partial charge is 0.405 e. The van der Waals surface area contributed by atoms with E-state index in [1.165, 1.54) is 26.4 Å². The molecular formula is C41H57N5O9. The van der Waals surface area contributed by atoms with E-state index in [0.717, 1.165) is 37.6 Å². The zero-order valence-corrected chi connectivity index (χ0v) is 33.0. The van der Waals surface area contributed by atoms with Crippen molar-refractivity contribution in [2.24, 2.45) is 17.6 Å². The van der Waals surface area contributed by atoms with E-state index in [2.05, 4.69) is 26.5 Å². The number of nitrogens with two attached hydrogens (primary N) is 1. The number of piperazine rings is 1. The Morgan fingerprint density at radius 3 is 2.40 bits per heavy atom. The standard InChI is InChI=1S/C41H57N5O9/c1-25-21-29-36(43-15-16-45-17-19-46(20-18-45)31-12-8-9-13-33(31)52-5)32(47)24-30(38(29)49)44-40(50)26(2)11-10-14-34(53-6)39(55-41(42)51)28(4)23-27(3)37(48)35(22-25)54-7/h8-14,23-25,27,34-35,37,39,43,48H,15-22H2,1-7H3,(H2,42,51)(H,44,50)/b14-10-,26-11+,28-23+/t25-,27+,34+,35+,37-,39+/m1/s1. The van der Waals surface area contributed by atoms with Crippen LogP contribution in [0.2, 0.25) is 0 Å². The number of aliphatic hydroxyl groups excluding tert-OH is 1. The second-order valence-electron chi connectivity index (χ2n) is 14.4. The van der Waals surface area contributed by atoms with Crippen molar-refractivity contribution in [2.75, 3.05) is 65.5 Å². The molecule has 1 aliphatic carbocycles. The van der Waals surface area contributed by atoms with Gasteiger partial charge in [-0.2, -0.15) is 0 Å². The van der Waals surface area contributed by atoms with Crippen molar-refractivity contribution in [2.45, 2.75) is 65.0 Å². The number of primary amides is 1. The molecule has 0 spiro atoms. The van der Waals surface area contributed by atoms with Crippen molar-refractivity contribution < 1.29 is 43.2 Å². The van der Waals surface area contributed by atoms with Crippen LogP contribution in [0.5, 0.6) is 5.75 Å². The first kappa shape index (κ1) is 43.0. The molecule has 2 aliphatic heterocycles. The van der Waals surface area contributed by atoms with E-state index in [1.54, 1.807) is 39.2 Å². The number of hydrogen-bond acceptors (Lipinski definition) is 12. The number of benzene rings is 1. The van der Waals surface area contributed by atoms with Crippen molar-refractivity contribution in [3.63, 3.8) is 0 Å². The average molecular weight is 764 g/mol. The Balaban J connectivity index is 1.58. The fourth-order valence-corrected chi connectivity index (χ4v) is 7.22. The van der Waals surface area contributed by atoms with Gasteiger partial charge in [-0.3, -0.25) is 19.3 Å². The zero-order chi connectivity index (χ0) is 40.2. The van der Waals surface area contributed by atoms with Gasteiger partial charge in [-0.25, -0.2) is 4.79 Å². The summed E-state index contributed by atoms with van der Waals surface area (Å²) in [5.74, 6) is -1.29. The Morgan fingerprint density at radius 1 is 1.04 bits per heavy atom. The molecule has 55 heavy (non-hydrogen) atoms. The topological polar surface area (TPSA) is 182 Å². The molecule has 0 aromatic heterocycles. The third kappa shape index (κ3) is 11.4. The van der Waals surface area contributed by atoms with Crippen molar-refractivity contribution in [1.82, 2.24) is 15.5 Å². The predicted octanol–water partition coefficient (Wildman–Crippen LogP) is 3.18. The summed E-state index contributed by atoms with van der Waals surface area (Å²) in [5, 5.41) is 17.4. The molecule has 300 valence electrons. The number of carbonyl (C=O) groups is 4. The maximum atomic E-state index is 14.1. The molecule has 1 saturated heterocycles. The number of carbonyl (C=O) groups excluding carboxylic acids is 4. The molecule has 1 aromatic carbocycles. The summed E-state index contributed by atoms with van der Waals surface area (Å²) in [5.41, 5.74) is 7.64. The number of ether oxygens (including phenoxy) is 4. The van der Waals surface area contributed by atoms with E-state index in [9.17, 15) is 24.3 Å². The number of aliphatic hydroxyl groups is 1. The summed E-state index contributed by atoms with van der Waals surface area (Å²) >= 11 is 0. The van der Waals surface area contributed by atoms with Gasteiger partial charge in [0.05, 0.1) is 36.4 Å². The number of para-hydroxylation sites is 2. The lowest BCUT2D eigenvalue weighted by Crippen LogP contribution is -2.48. The Kier molecular flexibility index (Phi) is 15.8. The number of ketones is 2. The van der Waals surface area contributed by atoms with Gasteiger partial charge in [0.25, 0.3) is 5.91 Å². The van der Waals surface area contributed by atoms with Crippen molar-refractivity contribution >= 4 is 29.3 Å². The van der Waals surface area contributed by atoms with Crippen LogP contribution >= 0.6 is 0 Å². The molecule has 3 aliphatic rings. The zero-order valence-electron chi connectivity index (χ0n) is 33.0. The van der Waals surface area contributed by atoms with E-state index in [0.29, 0.717) is 25.1 Å². The molecule has 0 radical (unpaired) electrons. The third-order valence-corrected chi connectivity index (χ3v) is 10.3. The van der Waals surface area contributed by atoms with E-state index in [4.69, 9.17) is 24.7 Å². The number of amides is 2. The average Bonchev–Trinajstić information content (AvgIpc) is 3.17. The molecule has 14 nitrogen and oxygen atoms in total. The Bertz CT molecular complexity index is 1710. The molecular weight excluding hydrogens is 706 g/mol. The van der Waals surface area contributed by atoms with Crippen molar-refractivity contribution in [1.29, 1.82) is 0 Å². The first-order valence-corrected chi connectivity index (χ1v) is 18.7. The normalized spacial score (nSPS) is 29.0. The number of nitrogens with one attached hydrogen (secondary N) is 2. The van der Waals surface area contributed by atoms with Gasteiger partial charge >= 0.3 is 6.09 Å². The van der Waals surface area contributed by atoms with Crippen molar-refractivity contribution in [3.05, 3.63) is 82.8 Å². The maximum Gasteiger partial charge on any atom is 0.405 e.